The molecule has 3 spiro atoms. The molecule has 0 aromatic carbocycles. The van der Waals surface area contributed by atoms with E-state index in [0.717, 1.165) is 6.42 Å². The van der Waals surface area contributed by atoms with Crippen molar-refractivity contribution in [2.24, 2.45) is 10.8 Å². The Kier molecular flexibility index (Phi) is 4.92. The number of allylic oxidation sites excluding steroid dienone is 3. The molecule has 214 valence electrons. The number of hydrogen-bond acceptors (Lipinski definition) is 11. The highest BCUT2D eigenvalue weighted by Gasteiger charge is 2.83. The molecule has 2 aliphatic carbocycles. The lowest BCUT2D eigenvalue weighted by atomic mass is 9.51. The Balaban J connectivity index is 1.22. The van der Waals surface area contributed by atoms with Crippen LogP contribution in [-0.2, 0) is 47.5 Å². The summed E-state index contributed by atoms with van der Waals surface area (Å²) in [6.07, 6.45) is 5.27. The third-order valence-corrected chi connectivity index (χ3v) is 11.2. The average molecular weight is 557 g/mol. The Bertz CT molecular complexity index is 1300. The molecule has 11 atom stereocenters. The number of ether oxygens (including phenoxy) is 7. The zero-order valence-corrected chi connectivity index (χ0v) is 22.3. The summed E-state index contributed by atoms with van der Waals surface area (Å²) in [5.74, 6) is -1.99. The molecule has 11 nitrogen and oxygen atoms in total. The van der Waals surface area contributed by atoms with Gasteiger partial charge in [0, 0.05) is 24.3 Å². The van der Waals surface area contributed by atoms with E-state index in [1.807, 2.05) is 0 Å². The minimum atomic E-state index is -1.62. The Morgan fingerprint density at radius 3 is 2.62 bits per heavy atom. The van der Waals surface area contributed by atoms with Crippen molar-refractivity contribution < 1.29 is 52.6 Å². The molecular weight excluding hydrogens is 524 g/mol. The number of aliphatic hydroxyl groups excluding tert-OH is 1. The van der Waals surface area contributed by atoms with Crippen LogP contribution in [0.2, 0.25) is 0 Å². The Morgan fingerprint density at radius 2 is 1.82 bits per heavy atom. The summed E-state index contributed by atoms with van der Waals surface area (Å²) in [7, 11) is 0. The predicted molar refractivity (Wildman–Crippen MR) is 131 cm³/mol. The van der Waals surface area contributed by atoms with E-state index >= 15 is 0 Å². The van der Waals surface area contributed by atoms with Gasteiger partial charge in [-0.3, -0.25) is 0 Å². The van der Waals surface area contributed by atoms with Crippen LogP contribution in [0.25, 0.3) is 0 Å². The van der Waals surface area contributed by atoms with Gasteiger partial charge < -0.3 is 38.3 Å². The van der Waals surface area contributed by atoms with Crippen LogP contribution in [0.4, 0.5) is 0 Å². The zero-order valence-electron chi connectivity index (χ0n) is 22.3. The second-order valence-electron chi connectivity index (χ2n) is 12.7. The van der Waals surface area contributed by atoms with Gasteiger partial charge in [0.05, 0.1) is 30.8 Å². The van der Waals surface area contributed by atoms with Crippen LogP contribution < -0.4 is 0 Å². The molecule has 6 fully saturated rings. The molecule has 5 saturated heterocycles. The smallest absolute Gasteiger partial charge is 0.339 e. The van der Waals surface area contributed by atoms with Crippen LogP contribution in [0.5, 0.6) is 0 Å². The van der Waals surface area contributed by atoms with E-state index in [4.69, 9.17) is 33.2 Å². The molecule has 11 unspecified atom stereocenters. The Labute approximate surface area is 230 Å². The van der Waals surface area contributed by atoms with E-state index in [2.05, 4.69) is 19.9 Å². The van der Waals surface area contributed by atoms with Crippen LogP contribution >= 0.6 is 0 Å². The topological polar surface area (TPSA) is 143 Å². The van der Waals surface area contributed by atoms with Crippen molar-refractivity contribution in [2.75, 3.05) is 19.8 Å². The first kappa shape index (κ1) is 25.2. The van der Waals surface area contributed by atoms with Crippen molar-refractivity contribution in [1.29, 1.82) is 0 Å². The van der Waals surface area contributed by atoms with Crippen molar-refractivity contribution in [2.45, 2.75) is 93.0 Å². The highest BCUT2D eigenvalue weighted by atomic mass is 16.7. The maximum atomic E-state index is 13.6. The van der Waals surface area contributed by atoms with Crippen LogP contribution in [0.1, 0.15) is 39.5 Å². The van der Waals surface area contributed by atoms with Gasteiger partial charge in [0.2, 0.25) is 0 Å². The second kappa shape index (κ2) is 7.83. The fourth-order valence-electron chi connectivity index (χ4n) is 8.73. The lowest BCUT2D eigenvalue weighted by Crippen LogP contribution is -2.67. The molecule has 8 aliphatic rings. The minimum absolute atomic E-state index is 0.0169. The second-order valence-corrected chi connectivity index (χ2v) is 12.7. The molecule has 1 saturated carbocycles. The largest absolute Gasteiger partial charge is 0.463 e. The van der Waals surface area contributed by atoms with Gasteiger partial charge in [-0.05, 0) is 25.8 Å². The number of rotatable bonds is 0. The number of esters is 3. The van der Waals surface area contributed by atoms with E-state index < -0.39 is 70.0 Å². The van der Waals surface area contributed by atoms with Crippen molar-refractivity contribution in [3.63, 3.8) is 0 Å². The SMILES string of the molecule is CC1=CC2OC3CC4OC(=O)C=C/C=C/C56OCCC7(OC7C(=O)OCC2(CC1)C4(C)C31CO1)C5OC(=O)C6O. The molecule has 6 heterocycles. The number of carbonyl (C=O) groups excluding carboxylic acids is 3. The first-order valence-corrected chi connectivity index (χ1v) is 14.0. The van der Waals surface area contributed by atoms with Crippen LogP contribution in [0, 0.1) is 10.8 Å². The van der Waals surface area contributed by atoms with Gasteiger partial charge in [-0.2, -0.15) is 0 Å². The Hall–Kier alpha value is -2.57. The van der Waals surface area contributed by atoms with Crippen LogP contribution in [0.3, 0.4) is 0 Å². The summed E-state index contributed by atoms with van der Waals surface area (Å²) in [4.78, 5) is 39.2. The minimum Gasteiger partial charge on any atom is -0.463 e. The summed E-state index contributed by atoms with van der Waals surface area (Å²) >= 11 is 0. The van der Waals surface area contributed by atoms with E-state index in [1.54, 1.807) is 0 Å². The third-order valence-electron chi connectivity index (χ3n) is 11.2. The summed E-state index contributed by atoms with van der Waals surface area (Å²) in [5.41, 5.74) is -3.57. The Morgan fingerprint density at radius 1 is 1.00 bits per heavy atom. The normalized spacial score (nSPS) is 54.8. The van der Waals surface area contributed by atoms with Crippen molar-refractivity contribution in [1.82, 2.24) is 0 Å². The maximum absolute atomic E-state index is 13.6. The molecular formula is C29H32O11. The molecule has 11 heteroatoms. The molecule has 4 bridgehead atoms. The lowest BCUT2D eigenvalue weighted by molar-refractivity contribution is -0.233. The monoisotopic (exact) mass is 556 g/mol. The van der Waals surface area contributed by atoms with Gasteiger partial charge in [-0.15, -0.1) is 0 Å². The highest BCUT2D eigenvalue weighted by Crippen LogP contribution is 2.72. The maximum Gasteiger partial charge on any atom is 0.339 e. The summed E-state index contributed by atoms with van der Waals surface area (Å²) in [6.45, 7) is 4.77. The number of cyclic esters (lactones) is 1. The van der Waals surface area contributed by atoms with Crippen LogP contribution in [-0.4, -0.2) is 96.3 Å². The van der Waals surface area contributed by atoms with Gasteiger partial charge in [-0.25, -0.2) is 14.4 Å². The van der Waals surface area contributed by atoms with Gasteiger partial charge in [0.1, 0.15) is 23.9 Å². The highest BCUT2D eigenvalue weighted by molar-refractivity contribution is 5.84. The molecule has 8 rings (SSSR count). The fraction of sp³-hybridized carbons (Fsp3) is 0.690. The summed E-state index contributed by atoms with van der Waals surface area (Å²) in [6, 6.07) is 0. The number of epoxide rings is 2. The number of carbonyl (C=O) groups is 3. The van der Waals surface area contributed by atoms with Crippen molar-refractivity contribution >= 4 is 17.9 Å². The molecule has 0 aromatic rings. The molecule has 0 radical (unpaired) electrons. The van der Waals surface area contributed by atoms with E-state index in [9.17, 15) is 19.5 Å². The van der Waals surface area contributed by atoms with Gasteiger partial charge in [0.25, 0.3) is 0 Å². The lowest BCUT2D eigenvalue weighted by Gasteiger charge is -2.58. The van der Waals surface area contributed by atoms with Crippen molar-refractivity contribution in [3.8, 4) is 0 Å². The van der Waals surface area contributed by atoms with Gasteiger partial charge >= 0.3 is 17.9 Å². The van der Waals surface area contributed by atoms with E-state index in [1.165, 1.54) is 29.9 Å². The van der Waals surface area contributed by atoms with E-state index in [-0.39, 0.29) is 31.8 Å². The molecule has 1 N–H and O–H groups in total. The first-order valence-electron chi connectivity index (χ1n) is 14.0. The number of hydrogen-bond donors (Lipinski definition) is 1. The molecule has 6 aliphatic heterocycles. The molecule has 0 amide bonds. The van der Waals surface area contributed by atoms with E-state index in [0.29, 0.717) is 19.4 Å². The van der Waals surface area contributed by atoms with Gasteiger partial charge in [0.15, 0.2) is 23.9 Å². The van der Waals surface area contributed by atoms with Crippen molar-refractivity contribution in [3.05, 3.63) is 36.0 Å². The van der Waals surface area contributed by atoms with Crippen LogP contribution in [0.15, 0.2) is 36.0 Å². The fourth-order valence-corrected chi connectivity index (χ4v) is 8.73. The third kappa shape index (κ3) is 2.85. The molecule has 40 heavy (non-hydrogen) atoms. The zero-order chi connectivity index (χ0) is 27.7. The standard InChI is InChI=1S/C29H32O11/c1-15-6-8-26-13-34-23(33)21-28(40-21)9-10-35-27(20(31)22(32)39-24(27)28)7-4-3-5-19(30)38-16-12-18(37-17(26)11-15)29(14-36-29)25(16,26)2/h3-5,7,11,16-18,20-21,24,31H,6,8-10,12-14H2,1-2H3/b5-3?,7-4+. The summed E-state index contributed by atoms with van der Waals surface area (Å²) in [5, 5.41) is 10.8. The first-order chi connectivity index (χ1) is 19.1. The molecule has 0 aromatic heterocycles. The predicted octanol–water partition coefficient (Wildman–Crippen LogP) is 0.823. The van der Waals surface area contributed by atoms with Gasteiger partial charge in [-0.1, -0.05) is 30.7 Å². The quantitative estimate of drug-likeness (QED) is 0.196. The number of aliphatic hydroxyl groups is 1. The summed E-state index contributed by atoms with van der Waals surface area (Å²) < 4.78 is 42.4. The average Bonchev–Trinajstić information content (AvgIpc) is 3.83.